The molecule has 0 atom stereocenters. The molecule has 0 aliphatic carbocycles. The molecular weight excluding hydrogens is 214 g/mol. The van der Waals surface area contributed by atoms with Crippen LogP contribution in [0.1, 0.15) is 24.8 Å². The lowest BCUT2D eigenvalue weighted by Crippen LogP contribution is -2.19. The summed E-state index contributed by atoms with van der Waals surface area (Å²) in [6, 6.07) is 6.17. The second-order valence-electron chi connectivity index (χ2n) is 4.39. The number of aldehydes is 1. The zero-order chi connectivity index (χ0) is 12.1. The van der Waals surface area contributed by atoms with Crippen molar-refractivity contribution in [1.82, 2.24) is 0 Å². The molecule has 0 bridgehead atoms. The van der Waals surface area contributed by atoms with E-state index < -0.39 is 0 Å². The van der Waals surface area contributed by atoms with Crippen molar-refractivity contribution < 1.29 is 9.53 Å². The molecule has 17 heavy (non-hydrogen) atoms. The Morgan fingerprint density at radius 2 is 2.12 bits per heavy atom. The van der Waals surface area contributed by atoms with Crippen molar-refractivity contribution in [2.24, 2.45) is 0 Å². The van der Waals surface area contributed by atoms with Gasteiger partial charge in [0.25, 0.3) is 0 Å². The van der Waals surface area contributed by atoms with Gasteiger partial charge in [0, 0.05) is 25.2 Å². The van der Waals surface area contributed by atoms with Crippen molar-refractivity contribution in [2.75, 3.05) is 25.1 Å². The summed E-state index contributed by atoms with van der Waals surface area (Å²) >= 11 is 0. The molecule has 0 spiro atoms. The van der Waals surface area contributed by atoms with E-state index >= 15 is 0 Å². The molecule has 1 aliphatic rings. The summed E-state index contributed by atoms with van der Waals surface area (Å²) in [5.41, 5.74) is 2.49. The highest BCUT2D eigenvalue weighted by molar-refractivity contribution is 5.59. The standard InChI is InChI=1S/C14H19NO2/c1-17-13-6-7-14(15-8-2-3-9-15)12(11-13)5-4-10-16/h6-7,10-11H,2-5,8-9H2,1H3. The van der Waals surface area contributed by atoms with E-state index in [9.17, 15) is 4.79 Å². The van der Waals surface area contributed by atoms with Crippen LogP contribution in [0.15, 0.2) is 18.2 Å². The molecule has 1 aliphatic heterocycles. The Labute approximate surface area is 102 Å². The van der Waals surface area contributed by atoms with Gasteiger partial charge < -0.3 is 14.4 Å². The van der Waals surface area contributed by atoms with Crippen LogP contribution in [0, 0.1) is 0 Å². The first-order valence-electron chi connectivity index (χ1n) is 6.20. The Bertz CT molecular complexity index is 384. The minimum absolute atomic E-state index is 0.577. The van der Waals surface area contributed by atoms with Crippen LogP contribution in [-0.2, 0) is 11.2 Å². The number of hydrogen-bond donors (Lipinski definition) is 0. The van der Waals surface area contributed by atoms with Crippen LogP contribution in [0.4, 0.5) is 5.69 Å². The topological polar surface area (TPSA) is 29.5 Å². The summed E-state index contributed by atoms with van der Waals surface area (Å²) in [5, 5.41) is 0. The molecule has 2 rings (SSSR count). The van der Waals surface area contributed by atoms with Crippen molar-refractivity contribution in [3.63, 3.8) is 0 Å². The first-order valence-corrected chi connectivity index (χ1v) is 6.20. The SMILES string of the molecule is COc1ccc(N2CCCC2)c(CCC=O)c1. The molecule has 3 nitrogen and oxygen atoms in total. The summed E-state index contributed by atoms with van der Waals surface area (Å²) in [4.78, 5) is 12.9. The highest BCUT2D eigenvalue weighted by atomic mass is 16.5. The fourth-order valence-corrected chi connectivity index (χ4v) is 2.37. The average molecular weight is 233 g/mol. The predicted molar refractivity (Wildman–Crippen MR) is 68.8 cm³/mol. The Morgan fingerprint density at radius 3 is 2.76 bits per heavy atom. The van der Waals surface area contributed by atoms with Gasteiger partial charge in [-0.1, -0.05) is 0 Å². The number of benzene rings is 1. The van der Waals surface area contributed by atoms with Gasteiger partial charge in [-0.2, -0.15) is 0 Å². The third-order valence-electron chi connectivity index (χ3n) is 3.26. The number of nitrogens with zero attached hydrogens (tertiary/aromatic N) is 1. The largest absolute Gasteiger partial charge is 0.497 e. The number of carbonyl (C=O) groups is 1. The first-order chi connectivity index (χ1) is 8.35. The fraction of sp³-hybridized carbons (Fsp3) is 0.500. The van der Waals surface area contributed by atoms with Crippen molar-refractivity contribution >= 4 is 12.0 Å². The minimum atomic E-state index is 0.577. The number of rotatable bonds is 5. The summed E-state index contributed by atoms with van der Waals surface area (Å²) in [6.45, 7) is 2.25. The summed E-state index contributed by atoms with van der Waals surface area (Å²) in [6.07, 6.45) is 4.88. The van der Waals surface area contributed by atoms with Crippen LogP contribution in [0.25, 0.3) is 0 Å². The van der Waals surface area contributed by atoms with Crippen LogP contribution in [0.2, 0.25) is 0 Å². The molecule has 0 unspecified atom stereocenters. The molecule has 1 saturated heterocycles. The maximum atomic E-state index is 10.5. The Hall–Kier alpha value is -1.51. The third kappa shape index (κ3) is 2.78. The van der Waals surface area contributed by atoms with Crippen molar-refractivity contribution in [3.8, 4) is 5.75 Å². The van der Waals surface area contributed by atoms with Gasteiger partial charge in [-0.15, -0.1) is 0 Å². The lowest BCUT2D eigenvalue weighted by atomic mass is 10.1. The lowest BCUT2D eigenvalue weighted by Gasteiger charge is -2.21. The molecule has 0 aromatic heterocycles. The average Bonchev–Trinajstić information content (AvgIpc) is 2.89. The van der Waals surface area contributed by atoms with Crippen molar-refractivity contribution in [3.05, 3.63) is 23.8 Å². The first kappa shape index (κ1) is 12.0. The molecule has 0 N–H and O–H groups in total. The van der Waals surface area contributed by atoms with E-state index in [1.807, 2.05) is 6.07 Å². The zero-order valence-electron chi connectivity index (χ0n) is 10.3. The van der Waals surface area contributed by atoms with E-state index in [0.717, 1.165) is 31.5 Å². The van der Waals surface area contributed by atoms with Crippen LogP contribution < -0.4 is 9.64 Å². The molecule has 1 aromatic carbocycles. The van der Waals surface area contributed by atoms with Crippen LogP contribution in [0.3, 0.4) is 0 Å². The Balaban J connectivity index is 2.24. The number of anilines is 1. The van der Waals surface area contributed by atoms with Gasteiger partial charge in [-0.3, -0.25) is 0 Å². The second-order valence-corrected chi connectivity index (χ2v) is 4.39. The predicted octanol–water partition coefficient (Wildman–Crippen LogP) is 2.43. The van der Waals surface area contributed by atoms with E-state index in [-0.39, 0.29) is 0 Å². The number of ether oxygens (including phenoxy) is 1. The van der Waals surface area contributed by atoms with Crippen molar-refractivity contribution in [1.29, 1.82) is 0 Å². The quantitative estimate of drug-likeness (QED) is 0.731. The summed E-state index contributed by atoms with van der Waals surface area (Å²) in [7, 11) is 1.67. The van der Waals surface area contributed by atoms with Crippen LogP contribution in [-0.4, -0.2) is 26.5 Å². The number of methoxy groups -OCH3 is 1. The Morgan fingerprint density at radius 1 is 1.35 bits per heavy atom. The number of hydrogen-bond acceptors (Lipinski definition) is 3. The lowest BCUT2D eigenvalue weighted by molar-refractivity contribution is -0.107. The monoisotopic (exact) mass is 233 g/mol. The van der Waals surface area contributed by atoms with Gasteiger partial charge in [0.15, 0.2) is 0 Å². The normalized spacial score (nSPS) is 15.0. The molecule has 1 heterocycles. The van der Waals surface area contributed by atoms with Gasteiger partial charge in [0.05, 0.1) is 7.11 Å². The maximum absolute atomic E-state index is 10.5. The van der Waals surface area contributed by atoms with Gasteiger partial charge in [0.1, 0.15) is 12.0 Å². The molecule has 0 saturated carbocycles. The maximum Gasteiger partial charge on any atom is 0.120 e. The Kier molecular flexibility index (Phi) is 4.02. The smallest absolute Gasteiger partial charge is 0.120 e. The van der Waals surface area contributed by atoms with E-state index in [1.165, 1.54) is 24.1 Å². The van der Waals surface area contributed by atoms with E-state index in [2.05, 4.69) is 17.0 Å². The molecule has 0 radical (unpaired) electrons. The van der Waals surface area contributed by atoms with Crippen molar-refractivity contribution in [2.45, 2.75) is 25.7 Å². The molecule has 1 aromatic rings. The zero-order valence-corrected chi connectivity index (χ0v) is 10.3. The molecule has 3 heteroatoms. The number of aryl methyl sites for hydroxylation is 1. The van der Waals surface area contributed by atoms with Gasteiger partial charge in [-0.05, 0) is 43.0 Å². The molecule has 1 fully saturated rings. The molecule has 0 amide bonds. The van der Waals surface area contributed by atoms with E-state index in [1.54, 1.807) is 7.11 Å². The highest BCUT2D eigenvalue weighted by Gasteiger charge is 2.15. The van der Waals surface area contributed by atoms with Gasteiger partial charge in [0.2, 0.25) is 0 Å². The molecule has 92 valence electrons. The number of carbonyl (C=O) groups excluding carboxylic acids is 1. The highest BCUT2D eigenvalue weighted by Crippen LogP contribution is 2.29. The fourth-order valence-electron chi connectivity index (χ4n) is 2.37. The van der Waals surface area contributed by atoms with Gasteiger partial charge in [-0.25, -0.2) is 0 Å². The second kappa shape index (κ2) is 5.71. The minimum Gasteiger partial charge on any atom is -0.497 e. The van der Waals surface area contributed by atoms with E-state index in [0.29, 0.717) is 6.42 Å². The van der Waals surface area contributed by atoms with E-state index in [4.69, 9.17) is 4.74 Å². The summed E-state index contributed by atoms with van der Waals surface area (Å²) < 4.78 is 5.25. The third-order valence-corrected chi connectivity index (χ3v) is 3.26. The van der Waals surface area contributed by atoms with Crippen LogP contribution >= 0.6 is 0 Å². The molecular formula is C14H19NO2. The van der Waals surface area contributed by atoms with Crippen LogP contribution in [0.5, 0.6) is 5.75 Å². The van der Waals surface area contributed by atoms with Gasteiger partial charge >= 0.3 is 0 Å². The summed E-state index contributed by atoms with van der Waals surface area (Å²) in [5.74, 6) is 0.869.